The highest BCUT2D eigenvalue weighted by atomic mass is 16.7. The van der Waals surface area contributed by atoms with Gasteiger partial charge in [0.25, 0.3) is 0 Å². The third-order valence-electron chi connectivity index (χ3n) is 13.3. The van der Waals surface area contributed by atoms with Crippen molar-refractivity contribution in [1.29, 1.82) is 0 Å². The van der Waals surface area contributed by atoms with Crippen LogP contribution in [0.5, 0.6) is 0 Å². The van der Waals surface area contributed by atoms with Crippen molar-refractivity contribution in [1.82, 2.24) is 5.32 Å². The quantitative estimate of drug-likeness (QED) is 0.0195. The largest absolute Gasteiger partial charge is 0.454 e. The van der Waals surface area contributed by atoms with Gasteiger partial charge in [-0.15, -0.1) is 0 Å². The minimum atomic E-state index is -1.64. The summed E-state index contributed by atoms with van der Waals surface area (Å²) in [5.74, 6) is -1.27. The first kappa shape index (κ1) is 71.1. The maximum atomic E-state index is 13.4. The molecule has 438 valence electrons. The zero-order valence-corrected chi connectivity index (χ0v) is 48.3. The van der Waals surface area contributed by atoms with Crippen LogP contribution in [-0.4, -0.2) is 99.6 Å². The highest BCUT2D eigenvalue weighted by molar-refractivity contribution is 5.80. The third kappa shape index (κ3) is 40.8. The Morgan fingerprint density at radius 3 is 1.43 bits per heavy atom. The summed E-state index contributed by atoms with van der Waals surface area (Å²) in [5.41, 5.74) is 0. The van der Waals surface area contributed by atoms with Crippen LogP contribution < -0.4 is 5.32 Å². The molecule has 1 aliphatic heterocycles. The lowest BCUT2D eigenvalue weighted by atomic mass is 9.99. The molecule has 6 N–H and O–H groups in total. The Kier molecular flexibility index (Phi) is 48.7. The van der Waals surface area contributed by atoms with Gasteiger partial charge in [0.15, 0.2) is 12.4 Å². The maximum absolute atomic E-state index is 13.4. The minimum absolute atomic E-state index is 0.0731. The van der Waals surface area contributed by atoms with Crippen molar-refractivity contribution in [2.75, 3.05) is 13.2 Å². The molecule has 1 fully saturated rings. The second kappa shape index (κ2) is 52.7. The summed E-state index contributed by atoms with van der Waals surface area (Å²) in [6.07, 6.45) is 62.3. The lowest BCUT2D eigenvalue weighted by Crippen LogP contribution is -2.61. The first-order valence-electron chi connectivity index (χ1n) is 30.3. The fourth-order valence-corrected chi connectivity index (χ4v) is 8.54. The van der Waals surface area contributed by atoms with E-state index < -0.39 is 67.4 Å². The second-order valence-electron chi connectivity index (χ2n) is 20.3. The molecule has 1 saturated heterocycles. The molecule has 0 saturated carbocycles. The lowest BCUT2D eigenvalue weighted by molar-refractivity contribution is -0.305. The highest BCUT2D eigenvalue weighted by Crippen LogP contribution is 2.26. The summed E-state index contributed by atoms with van der Waals surface area (Å²) in [4.78, 5) is 26.5. The summed E-state index contributed by atoms with van der Waals surface area (Å²) in [5, 5.41) is 56.9. The van der Waals surface area contributed by atoms with Crippen molar-refractivity contribution in [3.63, 3.8) is 0 Å². The van der Waals surface area contributed by atoms with Crippen LogP contribution >= 0.6 is 0 Å². The minimum Gasteiger partial charge on any atom is -0.454 e. The Balaban J connectivity index is 2.74. The molecule has 0 aliphatic carbocycles. The molecule has 8 atom stereocenters. The number of hydrogen-bond acceptors (Lipinski definition) is 10. The standard InChI is InChI=1S/C66H109NO10/c1-4-7-10-13-16-19-22-24-26-28-30-32-34-36-39-42-45-48-51-54-61(71)77-64-63(73)62(72)60(55-68)76-66(64)75-56-57(58(69)52-49-46-43-40-37-21-18-15-12-9-6-3)67-65(74)59(70)53-50-47-44-41-38-35-33-31-29-27-25-23-20-17-14-11-8-5-2/h7,10,16-17,19-20,24-27,30-33,36,38-39,41,49,52,57-60,62-64,66,68-70,72-73H,4-6,8-9,11-15,18,21-23,28-29,34-35,37,40,42-48,50-51,53-56H2,1-3H3,(H,67,74)/b10-7-,19-16-,20-17-,26-24-,27-25-,32-30-,33-31-,39-36-,41-38-,52-49+. The van der Waals surface area contributed by atoms with E-state index >= 15 is 0 Å². The normalized spacial score (nSPS) is 19.9. The number of rotatable bonds is 49. The van der Waals surface area contributed by atoms with Crippen molar-refractivity contribution in [3.05, 3.63) is 122 Å². The van der Waals surface area contributed by atoms with Gasteiger partial charge in [-0.25, -0.2) is 0 Å². The van der Waals surface area contributed by atoms with Crippen LogP contribution in [-0.2, 0) is 23.8 Å². The number of aliphatic hydroxyl groups excluding tert-OH is 5. The number of amides is 1. The maximum Gasteiger partial charge on any atom is 0.306 e. The average Bonchev–Trinajstić information content (AvgIpc) is 3.43. The van der Waals surface area contributed by atoms with Gasteiger partial charge in [0.2, 0.25) is 5.91 Å². The number of hydrogen-bond donors (Lipinski definition) is 6. The molecular weight excluding hydrogens is 967 g/mol. The average molecular weight is 1080 g/mol. The molecule has 77 heavy (non-hydrogen) atoms. The van der Waals surface area contributed by atoms with E-state index in [0.29, 0.717) is 12.8 Å². The van der Waals surface area contributed by atoms with Gasteiger partial charge in [-0.05, 0) is 116 Å². The van der Waals surface area contributed by atoms with E-state index in [1.807, 2.05) is 6.08 Å². The van der Waals surface area contributed by atoms with Crippen molar-refractivity contribution in [3.8, 4) is 0 Å². The zero-order chi connectivity index (χ0) is 56.1. The van der Waals surface area contributed by atoms with Crippen LogP contribution in [0, 0.1) is 0 Å². The number of nitrogens with one attached hydrogen (secondary N) is 1. The van der Waals surface area contributed by atoms with Gasteiger partial charge in [0.05, 0.1) is 25.4 Å². The van der Waals surface area contributed by atoms with E-state index in [1.165, 1.54) is 57.8 Å². The Morgan fingerprint density at radius 1 is 0.519 bits per heavy atom. The predicted octanol–water partition coefficient (Wildman–Crippen LogP) is 14.3. The predicted molar refractivity (Wildman–Crippen MR) is 319 cm³/mol. The van der Waals surface area contributed by atoms with E-state index in [1.54, 1.807) is 6.08 Å². The van der Waals surface area contributed by atoms with Crippen molar-refractivity contribution in [2.45, 2.75) is 269 Å². The number of unbranched alkanes of at least 4 members (excludes halogenated alkanes) is 17. The molecule has 0 aromatic carbocycles. The van der Waals surface area contributed by atoms with E-state index in [9.17, 15) is 35.1 Å². The molecule has 11 nitrogen and oxygen atoms in total. The SMILES string of the molecule is CC/C=C\C/C=C\C/C=C\C/C=C\C/C=C\CCCCCC(=O)OC1C(OCC(NC(=O)C(O)CCCC/C=C\C/C=C\C/C=C\C/C=C\CCCCC)C(O)/C=C/CCCCCCCCCCC)OC(CO)C(O)C1O. The summed E-state index contributed by atoms with van der Waals surface area (Å²) < 4.78 is 17.5. The lowest BCUT2D eigenvalue weighted by Gasteiger charge is -2.41. The number of carbonyl (C=O) groups excluding carboxylic acids is 2. The summed E-state index contributed by atoms with van der Waals surface area (Å²) in [7, 11) is 0. The summed E-state index contributed by atoms with van der Waals surface area (Å²) in [6, 6.07) is -1.06. The van der Waals surface area contributed by atoms with Gasteiger partial charge in [-0.2, -0.15) is 0 Å². The first-order valence-corrected chi connectivity index (χ1v) is 30.3. The Labute approximate surface area is 468 Å². The van der Waals surface area contributed by atoms with Crippen LogP contribution in [0.15, 0.2) is 122 Å². The van der Waals surface area contributed by atoms with Crippen LogP contribution in [0.2, 0.25) is 0 Å². The van der Waals surface area contributed by atoms with Crippen molar-refractivity contribution in [2.24, 2.45) is 0 Å². The molecular formula is C66H109NO10. The number of carbonyl (C=O) groups is 2. The molecule has 8 unspecified atom stereocenters. The highest BCUT2D eigenvalue weighted by Gasteiger charge is 2.47. The topological polar surface area (TPSA) is 175 Å². The fraction of sp³-hybridized carbons (Fsp3) is 0.667. The first-order chi connectivity index (χ1) is 37.7. The third-order valence-corrected chi connectivity index (χ3v) is 13.3. The van der Waals surface area contributed by atoms with Crippen LogP contribution in [0.4, 0.5) is 0 Å². The molecule has 1 amide bonds. The number of ether oxygens (including phenoxy) is 3. The van der Waals surface area contributed by atoms with Gasteiger partial charge >= 0.3 is 5.97 Å². The molecule has 0 bridgehead atoms. The summed E-state index contributed by atoms with van der Waals surface area (Å²) in [6.45, 7) is 5.58. The molecule has 0 aromatic heterocycles. The van der Waals surface area contributed by atoms with Gasteiger partial charge in [0.1, 0.15) is 24.4 Å². The Bertz CT molecular complexity index is 1710. The molecule has 0 aromatic rings. The fourth-order valence-electron chi connectivity index (χ4n) is 8.54. The van der Waals surface area contributed by atoms with Crippen LogP contribution in [0.3, 0.4) is 0 Å². The van der Waals surface area contributed by atoms with Gasteiger partial charge < -0.3 is 45.1 Å². The van der Waals surface area contributed by atoms with E-state index in [4.69, 9.17) is 14.2 Å². The van der Waals surface area contributed by atoms with Gasteiger partial charge in [-0.3, -0.25) is 9.59 Å². The van der Waals surface area contributed by atoms with E-state index in [2.05, 4.69) is 135 Å². The zero-order valence-electron chi connectivity index (χ0n) is 48.3. The molecule has 0 spiro atoms. The van der Waals surface area contributed by atoms with Crippen LogP contribution in [0.25, 0.3) is 0 Å². The summed E-state index contributed by atoms with van der Waals surface area (Å²) >= 11 is 0. The van der Waals surface area contributed by atoms with Crippen molar-refractivity contribution >= 4 is 11.9 Å². The number of aliphatic hydroxyl groups is 5. The van der Waals surface area contributed by atoms with E-state index in [-0.39, 0.29) is 19.4 Å². The van der Waals surface area contributed by atoms with Crippen LogP contribution in [0.1, 0.15) is 220 Å². The van der Waals surface area contributed by atoms with Gasteiger partial charge in [-0.1, -0.05) is 219 Å². The Hall–Kier alpha value is -3.94. The monoisotopic (exact) mass is 1080 g/mol. The molecule has 1 aliphatic rings. The molecule has 1 heterocycles. The van der Waals surface area contributed by atoms with E-state index in [0.717, 1.165) is 116 Å². The number of allylic oxidation sites excluding steroid dienone is 19. The van der Waals surface area contributed by atoms with Crippen molar-refractivity contribution < 1.29 is 49.3 Å². The molecule has 1 rings (SSSR count). The molecule has 0 radical (unpaired) electrons. The number of esters is 1. The Morgan fingerprint density at radius 2 is 0.935 bits per heavy atom. The molecule has 11 heteroatoms. The smallest absolute Gasteiger partial charge is 0.306 e. The second-order valence-corrected chi connectivity index (χ2v) is 20.3. The van der Waals surface area contributed by atoms with Gasteiger partial charge in [0, 0.05) is 6.42 Å².